The molecule has 0 saturated carbocycles. The van der Waals surface area contributed by atoms with Crippen molar-refractivity contribution in [2.24, 2.45) is 4.99 Å². The number of benzene rings is 2. The van der Waals surface area contributed by atoms with Gasteiger partial charge in [-0.1, -0.05) is 46.9 Å². The highest BCUT2D eigenvalue weighted by Crippen LogP contribution is 2.27. The number of rotatable bonds is 3. The highest BCUT2D eigenvalue weighted by atomic mass is 32.1. The minimum absolute atomic E-state index is 0.663. The molecule has 0 aliphatic heterocycles. The van der Waals surface area contributed by atoms with E-state index in [0.717, 1.165) is 30.7 Å². The van der Waals surface area contributed by atoms with Crippen molar-refractivity contribution in [3.8, 4) is 0 Å². The molecule has 0 radical (unpaired) electrons. The van der Waals surface area contributed by atoms with Gasteiger partial charge in [0.05, 0.1) is 20.4 Å². The van der Waals surface area contributed by atoms with Crippen molar-refractivity contribution >= 4 is 59.3 Å². The molecule has 7 heteroatoms. The summed E-state index contributed by atoms with van der Waals surface area (Å²) in [6.07, 6.45) is 0. The van der Waals surface area contributed by atoms with Gasteiger partial charge in [-0.15, -0.1) is 0 Å². The molecule has 2 aromatic carbocycles. The van der Waals surface area contributed by atoms with E-state index in [4.69, 9.17) is 0 Å². The molecule has 0 amide bonds. The first kappa shape index (κ1) is 15.0. The first-order chi connectivity index (χ1) is 11.8. The van der Waals surface area contributed by atoms with Crippen LogP contribution in [0.2, 0.25) is 0 Å². The summed E-state index contributed by atoms with van der Waals surface area (Å²) in [6, 6.07) is 16.2. The number of hydrogen-bond donors (Lipinski definition) is 2. The topological polar surface area (TPSA) is 62.2 Å². The van der Waals surface area contributed by atoms with E-state index in [0.29, 0.717) is 12.5 Å². The number of anilines is 2. The first-order valence-corrected chi connectivity index (χ1v) is 9.25. The Kier molecular flexibility index (Phi) is 4.10. The monoisotopic (exact) mass is 353 g/mol. The standard InChI is InChI=1S/C17H15N5S2/c1-2-18-15(21-16-19-11-7-3-5-9-13(11)23-16)22-17-20-12-8-4-6-10-14(12)24-17/h3-10H,2H2,1H3,(H2,18,19,20,21,22). The number of para-hydroxylation sites is 2. The molecular formula is C17H15N5S2. The van der Waals surface area contributed by atoms with Crippen LogP contribution in [0.5, 0.6) is 0 Å². The number of guanidine groups is 1. The van der Waals surface area contributed by atoms with Crippen molar-refractivity contribution in [2.75, 3.05) is 17.2 Å². The lowest BCUT2D eigenvalue weighted by atomic mass is 10.3. The molecule has 2 N–H and O–H groups in total. The lowest BCUT2D eigenvalue weighted by Gasteiger charge is -2.07. The van der Waals surface area contributed by atoms with Gasteiger partial charge in [0.15, 0.2) is 10.3 Å². The molecule has 0 bridgehead atoms. The molecule has 0 aliphatic rings. The third-order valence-corrected chi connectivity index (χ3v) is 5.26. The summed E-state index contributed by atoms with van der Waals surface area (Å²) in [5.74, 6) is 0.663. The maximum atomic E-state index is 4.59. The smallest absolute Gasteiger partial charge is 0.203 e. The van der Waals surface area contributed by atoms with E-state index >= 15 is 0 Å². The van der Waals surface area contributed by atoms with Crippen LogP contribution >= 0.6 is 22.7 Å². The fourth-order valence-electron chi connectivity index (χ4n) is 2.32. The molecule has 0 spiro atoms. The van der Waals surface area contributed by atoms with Gasteiger partial charge in [-0.2, -0.15) is 0 Å². The fourth-order valence-corrected chi connectivity index (χ4v) is 4.05. The Morgan fingerprint density at radius 1 is 0.875 bits per heavy atom. The van der Waals surface area contributed by atoms with Gasteiger partial charge in [0, 0.05) is 6.54 Å². The summed E-state index contributed by atoms with van der Waals surface area (Å²) in [5.41, 5.74) is 1.97. The SMILES string of the molecule is CCN=C(Nc1nc2ccccc2s1)Nc1nc2ccccc2s1. The first-order valence-electron chi connectivity index (χ1n) is 7.61. The summed E-state index contributed by atoms with van der Waals surface area (Å²) in [6.45, 7) is 2.67. The van der Waals surface area contributed by atoms with E-state index in [1.54, 1.807) is 22.7 Å². The van der Waals surface area contributed by atoms with Gasteiger partial charge in [0.1, 0.15) is 0 Å². The Hall–Kier alpha value is -2.51. The van der Waals surface area contributed by atoms with E-state index in [2.05, 4.69) is 37.7 Å². The lowest BCUT2D eigenvalue weighted by molar-refractivity contribution is 1.12. The maximum absolute atomic E-state index is 4.59. The Bertz CT molecular complexity index is 874. The highest BCUT2D eigenvalue weighted by molar-refractivity contribution is 7.23. The lowest BCUT2D eigenvalue weighted by Crippen LogP contribution is -2.22. The normalized spacial score (nSPS) is 10.9. The molecule has 0 atom stereocenters. The van der Waals surface area contributed by atoms with Crippen LogP contribution in [-0.4, -0.2) is 22.5 Å². The molecule has 24 heavy (non-hydrogen) atoms. The van der Waals surface area contributed by atoms with Crippen molar-refractivity contribution < 1.29 is 0 Å². The number of nitrogens with one attached hydrogen (secondary N) is 2. The summed E-state index contributed by atoms with van der Waals surface area (Å²) in [4.78, 5) is 13.7. The number of aromatic nitrogens is 2. The van der Waals surface area contributed by atoms with Crippen molar-refractivity contribution in [1.82, 2.24) is 9.97 Å². The largest absolute Gasteiger partial charge is 0.302 e. The molecule has 2 heterocycles. The van der Waals surface area contributed by atoms with Gasteiger partial charge in [0.25, 0.3) is 0 Å². The van der Waals surface area contributed by atoms with Crippen LogP contribution in [0.4, 0.5) is 10.3 Å². The zero-order valence-corrected chi connectivity index (χ0v) is 14.6. The third kappa shape index (κ3) is 3.08. The van der Waals surface area contributed by atoms with E-state index in [1.807, 2.05) is 43.3 Å². The molecule has 120 valence electrons. The molecule has 4 rings (SSSR count). The number of thiazole rings is 2. The van der Waals surface area contributed by atoms with Gasteiger partial charge in [-0.05, 0) is 31.2 Å². The second kappa shape index (κ2) is 6.54. The predicted molar refractivity (Wildman–Crippen MR) is 104 cm³/mol. The Labute approximate surface area is 147 Å². The Morgan fingerprint density at radius 3 is 1.83 bits per heavy atom. The van der Waals surface area contributed by atoms with Crippen molar-refractivity contribution in [3.63, 3.8) is 0 Å². The molecule has 0 fully saturated rings. The van der Waals surface area contributed by atoms with E-state index in [-0.39, 0.29) is 0 Å². The van der Waals surface area contributed by atoms with Crippen LogP contribution in [0.1, 0.15) is 6.92 Å². The van der Waals surface area contributed by atoms with Crippen LogP contribution in [0.15, 0.2) is 53.5 Å². The van der Waals surface area contributed by atoms with Crippen LogP contribution in [0, 0.1) is 0 Å². The van der Waals surface area contributed by atoms with E-state index in [9.17, 15) is 0 Å². The average molecular weight is 353 g/mol. The maximum Gasteiger partial charge on any atom is 0.203 e. The van der Waals surface area contributed by atoms with Crippen molar-refractivity contribution in [2.45, 2.75) is 6.92 Å². The zero-order valence-electron chi connectivity index (χ0n) is 13.0. The average Bonchev–Trinajstić information content (AvgIpc) is 3.17. The summed E-state index contributed by atoms with van der Waals surface area (Å²) in [5, 5.41) is 8.18. The minimum atomic E-state index is 0.663. The van der Waals surface area contributed by atoms with E-state index in [1.165, 1.54) is 0 Å². The van der Waals surface area contributed by atoms with Gasteiger partial charge in [-0.25, -0.2) is 9.97 Å². The van der Waals surface area contributed by atoms with E-state index < -0.39 is 0 Å². The summed E-state index contributed by atoms with van der Waals surface area (Å²) >= 11 is 3.21. The second-order valence-electron chi connectivity index (χ2n) is 5.05. The van der Waals surface area contributed by atoms with Crippen LogP contribution < -0.4 is 10.6 Å². The van der Waals surface area contributed by atoms with Gasteiger partial charge in [0.2, 0.25) is 5.96 Å². The number of fused-ring (bicyclic) bond motifs is 2. The Morgan fingerprint density at radius 2 is 1.38 bits per heavy atom. The number of nitrogens with zero attached hydrogens (tertiary/aromatic N) is 3. The summed E-state index contributed by atoms with van der Waals surface area (Å²) in [7, 11) is 0. The highest BCUT2D eigenvalue weighted by Gasteiger charge is 2.09. The van der Waals surface area contributed by atoms with Crippen LogP contribution in [0.3, 0.4) is 0 Å². The predicted octanol–water partition coefficient (Wildman–Crippen LogP) is 4.81. The molecule has 2 aromatic heterocycles. The molecule has 0 unspecified atom stereocenters. The Balaban J connectivity index is 1.58. The van der Waals surface area contributed by atoms with Gasteiger partial charge in [-0.3, -0.25) is 4.99 Å². The molecule has 0 saturated heterocycles. The van der Waals surface area contributed by atoms with Crippen molar-refractivity contribution in [1.29, 1.82) is 0 Å². The molecule has 4 aromatic rings. The van der Waals surface area contributed by atoms with Crippen LogP contribution in [-0.2, 0) is 0 Å². The van der Waals surface area contributed by atoms with Crippen LogP contribution in [0.25, 0.3) is 20.4 Å². The minimum Gasteiger partial charge on any atom is -0.302 e. The fraction of sp³-hybridized carbons (Fsp3) is 0.118. The van der Waals surface area contributed by atoms with Gasteiger partial charge >= 0.3 is 0 Å². The summed E-state index contributed by atoms with van der Waals surface area (Å²) < 4.78 is 2.30. The van der Waals surface area contributed by atoms with Crippen molar-refractivity contribution in [3.05, 3.63) is 48.5 Å². The number of aliphatic imine (C=N–C) groups is 1. The molecular weight excluding hydrogens is 338 g/mol. The molecule has 5 nitrogen and oxygen atoms in total. The second-order valence-corrected chi connectivity index (χ2v) is 7.11. The quantitative estimate of drug-likeness (QED) is 0.410. The third-order valence-electron chi connectivity index (χ3n) is 3.35. The molecule has 0 aliphatic carbocycles. The number of hydrogen-bond acceptors (Lipinski definition) is 5. The van der Waals surface area contributed by atoms with Gasteiger partial charge < -0.3 is 10.6 Å². The zero-order chi connectivity index (χ0) is 16.4.